The van der Waals surface area contributed by atoms with Crippen LogP contribution in [0.1, 0.15) is 10.6 Å². The largest absolute Gasteiger partial charge is 0.357 e. The first-order chi connectivity index (χ1) is 8.33. The molecule has 1 aliphatic heterocycles. The van der Waals surface area contributed by atoms with Gasteiger partial charge in [-0.1, -0.05) is 6.07 Å². The molecular weight excluding hydrogens is 250 g/mol. The van der Waals surface area contributed by atoms with Gasteiger partial charge in [-0.15, -0.1) is 11.3 Å². The Balaban J connectivity index is 1.68. The van der Waals surface area contributed by atoms with Crippen LogP contribution >= 0.6 is 23.3 Å². The zero-order valence-corrected chi connectivity index (χ0v) is 11.1. The summed E-state index contributed by atoms with van der Waals surface area (Å²) in [4.78, 5) is 5.69. The number of rotatable bonds is 3. The summed E-state index contributed by atoms with van der Waals surface area (Å²) in [6, 6.07) is 8.29. The fourth-order valence-corrected chi connectivity index (χ4v) is 3.64. The highest BCUT2D eigenvalue weighted by molar-refractivity contribution is 7.99. The number of hydrogen-bond donors (Lipinski definition) is 1. The van der Waals surface area contributed by atoms with Crippen molar-refractivity contribution in [1.29, 1.82) is 0 Å². The highest BCUT2D eigenvalue weighted by Crippen LogP contribution is 2.42. The van der Waals surface area contributed by atoms with E-state index in [2.05, 4.69) is 33.7 Å². The van der Waals surface area contributed by atoms with Crippen molar-refractivity contribution in [2.24, 2.45) is 0 Å². The molecule has 0 radical (unpaired) electrons. The van der Waals surface area contributed by atoms with E-state index in [0.29, 0.717) is 0 Å². The summed E-state index contributed by atoms with van der Waals surface area (Å²) in [6.07, 6.45) is 1.85. The fraction of sp³-hybridized carbons (Fsp3) is 0.250. The van der Waals surface area contributed by atoms with Crippen molar-refractivity contribution < 1.29 is 0 Å². The number of thiophene rings is 1. The zero-order valence-electron chi connectivity index (χ0n) is 9.51. The van der Waals surface area contributed by atoms with Gasteiger partial charge in [0.15, 0.2) is 0 Å². The number of pyridine rings is 1. The highest BCUT2D eigenvalue weighted by Gasteiger charge is 2.21. The second kappa shape index (κ2) is 4.58. The van der Waals surface area contributed by atoms with Gasteiger partial charge in [0, 0.05) is 11.1 Å². The molecule has 2 aromatic rings. The van der Waals surface area contributed by atoms with Gasteiger partial charge in [0.25, 0.3) is 0 Å². The molecule has 3 rings (SSSR count). The van der Waals surface area contributed by atoms with Gasteiger partial charge in [-0.25, -0.2) is 0 Å². The summed E-state index contributed by atoms with van der Waals surface area (Å²) >= 11 is 3.63. The normalized spacial score (nSPS) is 13.6. The number of nitrogens with one attached hydrogen (secondary N) is 1. The fourth-order valence-electron chi connectivity index (χ4n) is 1.78. The van der Waals surface area contributed by atoms with Gasteiger partial charge in [-0.05, 0) is 37.1 Å². The Morgan fingerprint density at radius 2 is 2.47 bits per heavy atom. The molecule has 0 bridgehead atoms. The summed E-state index contributed by atoms with van der Waals surface area (Å²) in [5.74, 6) is 0.914. The van der Waals surface area contributed by atoms with Crippen LogP contribution in [0.3, 0.4) is 0 Å². The van der Waals surface area contributed by atoms with Crippen LogP contribution in [0.2, 0.25) is 0 Å². The first-order valence-electron chi connectivity index (χ1n) is 5.47. The lowest BCUT2D eigenvalue weighted by molar-refractivity contribution is 1.15. The Bertz CT molecular complexity index is 510. The molecule has 0 saturated carbocycles. The van der Waals surface area contributed by atoms with Crippen LogP contribution < -0.4 is 9.62 Å². The summed E-state index contributed by atoms with van der Waals surface area (Å²) in [5, 5.41) is 4.70. The Morgan fingerprint density at radius 1 is 1.53 bits per heavy atom. The van der Waals surface area contributed by atoms with Crippen LogP contribution in [-0.4, -0.2) is 11.7 Å². The minimum atomic E-state index is 0.888. The lowest BCUT2D eigenvalue weighted by Crippen LogP contribution is -2.14. The number of nitrogens with zero attached hydrogens (tertiary/aromatic N) is 2. The topological polar surface area (TPSA) is 28.2 Å². The first-order valence-corrected chi connectivity index (χ1v) is 7.23. The van der Waals surface area contributed by atoms with Crippen molar-refractivity contribution in [3.05, 3.63) is 41.0 Å². The van der Waals surface area contributed by atoms with Crippen molar-refractivity contribution in [3.63, 3.8) is 0 Å². The standard InChI is InChI=1S/C12H13N3S2/c1-9-6-11-12(17-9)14-8-15(11)16-7-10-4-2-3-5-13-10/h2-6,14H,7-8H2,1H3. The summed E-state index contributed by atoms with van der Waals surface area (Å²) in [5.41, 5.74) is 2.44. The Hall–Kier alpha value is -1.20. The molecule has 2 aromatic heterocycles. The smallest absolute Gasteiger partial charge is 0.115 e. The molecule has 5 heteroatoms. The van der Waals surface area contributed by atoms with E-state index in [9.17, 15) is 0 Å². The predicted octanol–water partition coefficient (Wildman–Crippen LogP) is 3.49. The quantitative estimate of drug-likeness (QED) is 0.858. The molecule has 17 heavy (non-hydrogen) atoms. The summed E-state index contributed by atoms with van der Waals surface area (Å²) in [7, 11) is 0. The van der Waals surface area contributed by atoms with Crippen molar-refractivity contribution in [2.45, 2.75) is 12.7 Å². The molecule has 1 N–H and O–H groups in total. The van der Waals surface area contributed by atoms with Crippen molar-refractivity contribution in [2.75, 3.05) is 16.3 Å². The van der Waals surface area contributed by atoms with Gasteiger partial charge >= 0.3 is 0 Å². The molecular formula is C12H13N3S2. The van der Waals surface area contributed by atoms with E-state index in [1.807, 2.05) is 41.6 Å². The van der Waals surface area contributed by atoms with Crippen LogP contribution in [0.25, 0.3) is 0 Å². The monoisotopic (exact) mass is 263 g/mol. The molecule has 0 amide bonds. The number of aryl methyl sites for hydroxylation is 1. The molecule has 1 aliphatic rings. The molecule has 0 aliphatic carbocycles. The second-order valence-corrected chi connectivity index (χ2v) is 6.12. The molecule has 88 valence electrons. The van der Waals surface area contributed by atoms with E-state index in [4.69, 9.17) is 0 Å². The molecule has 0 spiro atoms. The minimum Gasteiger partial charge on any atom is -0.357 e. The number of fused-ring (bicyclic) bond motifs is 1. The summed E-state index contributed by atoms with van der Waals surface area (Å²) in [6.45, 7) is 3.03. The second-order valence-electron chi connectivity index (χ2n) is 3.88. The van der Waals surface area contributed by atoms with Gasteiger partial charge < -0.3 is 5.32 Å². The molecule has 0 atom stereocenters. The van der Waals surface area contributed by atoms with Gasteiger partial charge in [0.1, 0.15) is 5.00 Å². The lowest BCUT2D eigenvalue weighted by atomic mass is 10.4. The van der Waals surface area contributed by atoms with Gasteiger partial charge in [-0.2, -0.15) is 0 Å². The third kappa shape index (κ3) is 2.25. The van der Waals surface area contributed by atoms with Gasteiger partial charge in [-0.3, -0.25) is 9.29 Å². The molecule has 0 fully saturated rings. The van der Waals surface area contributed by atoms with Crippen molar-refractivity contribution in [1.82, 2.24) is 4.98 Å². The molecule has 0 aromatic carbocycles. The number of aromatic nitrogens is 1. The maximum Gasteiger partial charge on any atom is 0.115 e. The number of anilines is 2. The number of hydrogen-bond acceptors (Lipinski definition) is 5. The van der Waals surface area contributed by atoms with E-state index in [1.165, 1.54) is 15.6 Å². The third-order valence-corrected chi connectivity index (χ3v) is 4.64. The zero-order chi connectivity index (χ0) is 11.7. The Labute approximate surface area is 109 Å². The molecule has 0 unspecified atom stereocenters. The SMILES string of the molecule is Cc1cc2c(s1)NCN2SCc1ccccn1. The van der Waals surface area contributed by atoms with Crippen LogP contribution in [0.15, 0.2) is 30.5 Å². The van der Waals surface area contributed by atoms with Crippen LogP contribution in [0.4, 0.5) is 10.7 Å². The molecule has 3 heterocycles. The van der Waals surface area contributed by atoms with E-state index >= 15 is 0 Å². The predicted molar refractivity (Wildman–Crippen MR) is 75.6 cm³/mol. The maximum absolute atomic E-state index is 4.34. The van der Waals surface area contributed by atoms with Crippen LogP contribution in [-0.2, 0) is 5.75 Å². The van der Waals surface area contributed by atoms with Crippen LogP contribution in [0, 0.1) is 6.92 Å². The lowest BCUT2D eigenvalue weighted by Gasteiger charge is -2.15. The van der Waals surface area contributed by atoms with E-state index in [-0.39, 0.29) is 0 Å². The average molecular weight is 263 g/mol. The average Bonchev–Trinajstić information content (AvgIpc) is 2.87. The summed E-state index contributed by atoms with van der Waals surface area (Å²) < 4.78 is 2.30. The third-order valence-electron chi connectivity index (χ3n) is 2.58. The van der Waals surface area contributed by atoms with Crippen molar-refractivity contribution >= 4 is 34.0 Å². The molecule has 3 nitrogen and oxygen atoms in total. The van der Waals surface area contributed by atoms with Crippen LogP contribution in [0.5, 0.6) is 0 Å². The van der Waals surface area contributed by atoms with Crippen molar-refractivity contribution in [3.8, 4) is 0 Å². The Kier molecular flexibility index (Phi) is 2.94. The highest BCUT2D eigenvalue weighted by atomic mass is 32.2. The minimum absolute atomic E-state index is 0.888. The Morgan fingerprint density at radius 3 is 3.29 bits per heavy atom. The van der Waals surface area contributed by atoms with E-state index in [0.717, 1.165) is 18.1 Å². The maximum atomic E-state index is 4.34. The van der Waals surface area contributed by atoms with Gasteiger partial charge in [0.05, 0.1) is 23.8 Å². The van der Waals surface area contributed by atoms with E-state index in [1.54, 1.807) is 0 Å². The first kappa shape index (κ1) is 10.9. The van der Waals surface area contributed by atoms with E-state index < -0.39 is 0 Å². The van der Waals surface area contributed by atoms with Gasteiger partial charge in [0.2, 0.25) is 0 Å². The molecule has 0 saturated heterocycles.